The fourth-order valence-corrected chi connectivity index (χ4v) is 2.93. The molecule has 26 heavy (non-hydrogen) atoms. The van der Waals surface area contributed by atoms with Crippen LogP contribution < -0.4 is 0 Å². The van der Waals surface area contributed by atoms with Gasteiger partial charge in [0.25, 0.3) is 5.89 Å². The Kier molecular flexibility index (Phi) is 5.08. The number of hydrogen-bond acceptors (Lipinski definition) is 4. The van der Waals surface area contributed by atoms with Crippen LogP contribution in [-0.4, -0.2) is 16.0 Å². The van der Waals surface area contributed by atoms with Crippen molar-refractivity contribution >= 4 is 11.8 Å². The van der Waals surface area contributed by atoms with Crippen LogP contribution >= 0.6 is 11.8 Å². The smallest absolute Gasteiger partial charge is 0.254 e. The van der Waals surface area contributed by atoms with Crippen molar-refractivity contribution in [3.8, 4) is 22.9 Å². The topological polar surface area (TPSA) is 38.9 Å². The summed E-state index contributed by atoms with van der Waals surface area (Å²) in [6, 6.07) is 6.82. The van der Waals surface area contributed by atoms with Gasteiger partial charge in [-0.05, 0) is 12.1 Å². The minimum atomic E-state index is -2.25. The summed E-state index contributed by atoms with van der Waals surface area (Å²) in [5.41, 5.74) is -0.807. The van der Waals surface area contributed by atoms with Crippen molar-refractivity contribution in [2.24, 2.45) is 0 Å². The molecule has 3 nitrogen and oxygen atoms in total. The van der Waals surface area contributed by atoms with E-state index in [2.05, 4.69) is 16.8 Å². The Bertz CT molecular complexity index is 960. The molecule has 2 aromatic carbocycles. The molecule has 1 heterocycles. The first-order valence-corrected chi connectivity index (χ1v) is 8.12. The molecule has 0 saturated carbocycles. The van der Waals surface area contributed by atoms with Gasteiger partial charge in [0.05, 0.1) is 5.56 Å². The number of rotatable bonds is 5. The van der Waals surface area contributed by atoms with E-state index in [1.807, 2.05) is 0 Å². The van der Waals surface area contributed by atoms with Gasteiger partial charge >= 0.3 is 0 Å². The molecule has 1 aromatic heterocycles. The van der Waals surface area contributed by atoms with Crippen molar-refractivity contribution < 1.29 is 26.4 Å². The SMILES string of the molecule is C=CCSc1ccccc1-c1nnc(-c2c(F)c(F)c(F)c(F)c2F)o1. The maximum atomic E-state index is 13.9. The quantitative estimate of drug-likeness (QED) is 0.195. The highest BCUT2D eigenvalue weighted by Gasteiger charge is 2.30. The highest BCUT2D eigenvalue weighted by Crippen LogP contribution is 2.35. The van der Waals surface area contributed by atoms with E-state index in [0.29, 0.717) is 11.3 Å². The first kappa shape index (κ1) is 18.1. The third kappa shape index (κ3) is 3.10. The molecule has 3 rings (SSSR count). The number of thioether (sulfide) groups is 1. The normalized spacial score (nSPS) is 11.0. The van der Waals surface area contributed by atoms with Gasteiger partial charge in [0.15, 0.2) is 23.3 Å². The standard InChI is InChI=1S/C17H9F5N2OS/c1-2-7-26-9-6-4-3-5-8(9)16-23-24-17(25-16)10-11(18)13(20)15(22)14(21)12(10)19/h2-6H,1,7H2. The lowest BCUT2D eigenvalue weighted by Crippen LogP contribution is -2.04. The molecule has 3 aromatic rings. The van der Waals surface area contributed by atoms with E-state index in [1.54, 1.807) is 30.3 Å². The van der Waals surface area contributed by atoms with Crippen molar-refractivity contribution in [2.45, 2.75) is 4.90 Å². The number of hydrogen-bond donors (Lipinski definition) is 0. The first-order chi connectivity index (χ1) is 12.5. The second-order valence-electron chi connectivity index (χ2n) is 4.95. The average Bonchev–Trinajstić information content (AvgIpc) is 3.13. The zero-order valence-electron chi connectivity index (χ0n) is 12.9. The summed E-state index contributed by atoms with van der Waals surface area (Å²) in [5, 5.41) is 7.10. The van der Waals surface area contributed by atoms with E-state index in [4.69, 9.17) is 4.42 Å². The van der Waals surface area contributed by atoms with Crippen LogP contribution in [0.15, 0.2) is 46.2 Å². The van der Waals surface area contributed by atoms with Gasteiger partial charge in [-0.25, -0.2) is 22.0 Å². The molecular formula is C17H9F5N2OS. The van der Waals surface area contributed by atoms with Gasteiger partial charge in [-0.1, -0.05) is 18.2 Å². The van der Waals surface area contributed by atoms with Crippen LogP contribution in [-0.2, 0) is 0 Å². The number of halogens is 5. The zero-order valence-corrected chi connectivity index (χ0v) is 13.7. The van der Waals surface area contributed by atoms with E-state index >= 15 is 0 Å². The summed E-state index contributed by atoms with van der Waals surface area (Å²) in [4.78, 5) is 0.722. The molecule has 0 N–H and O–H groups in total. The molecule has 0 radical (unpaired) electrons. The van der Waals surface area contributed by atoms with E-state index in [1.165, 1.54) is 11.8 Å². The van der Waals surface area contributed by atoms with Gasteiger partial charge < -0.3 is 4.42 Å². The van der Waals surface area contributed by atoms with Crippen LogP contribution in [0.25, 0.3) is 22.9 Å². The number of aromatic nitrogens is 2. The Hall–Kier alpha value is -2.68. The van der Waals surface area contributed by atoms with Crippen molar-refractivity contribution in [1.82, 2.24) is 10.2 Å². The summed E-state index contributed by atoms with van der Waals surface area (Å²) in [7, 11) is 0. The zero-order chi connectivity index (χ0) is 18.8. The molecule has 0 aliphatic rings. The third-order valence-corrected chi connectivity index (χ3v) is 4.39. The molecule has 0 amide bonds. The molecule has 0 aliphatic carbocycles. The Labute approximate surface area is 148 Å². The van der Waals surface area contributed by atoms with Gasteiger partial charge in [0, 0.05) is 10.6 Å². The Balaban J connectivity index is 2.10. The summed E-state index contributed by atoms with van der Waals surface area (Å²) in [6.45, 7) is 3.61. The van der Waals surface area contributed by atoms with Crippen molar-refractivity contribution in [3.63, 3.8) is 0 Å². The van der Waals surface area contributed by atoms with E-state index in [-0.39, 0.29) is 5.89 Å². The lowest BCUT2D eigenvalue weighted by Gasteiger charge is -2.05. The Morgan fingerprint density at radius 1 is 0.885 bits per heavy atom. The highest BCUT2D eigenvalue weighted by atomic mass is 32.2. The van der Waals surface area contributed by atoms with Gasteiger partial charge in [-0.15, -0.1) is 28.5 Å². The first-order valence-electron chi connectivity index (χ1n) is 7.14. The van der Waals surface area contributed by atoms with E-state index in [0.717, 1.165) is 4.90 Å². The highest BCUT2D eigenvalue weighted by molar-refractivity contribution is 7.99. The van der Waals surface area contributed by atoms with Crippen molar-refractivity contribution in [1.29, 1.82) is 0 Å². The molecule has 0 spiro atoms. The van der Waals surface area contributed by atoms with E-state index < -0.39 is 40.5 Å². The van der Waals surface area contributed by atoms with Crippen LogP contribution in [0.3, 0.4) is 0 Å². The van der Waals surface area contributed by atoms with Gasteiger partial charge in [-0.2, -0.15) is 0 Å². The second-order valence-corrected chi connectivity index (χ2v) is 6.01. The predicted molar refractivity (Wildman–Crippen MR) is 85.9 cm³/mol. The number of benzene rings is 2. The molecule has 9 heteroatoms. The van der Waals surface area contributed by atoms with Crippen molar-refractivity contribution in [2.75, 3.05) is 5.75 Å². The van der Waals surface area contributed by atoms with Gasteiger partial charge in [0.1, 0.15) is 5.56 Å². The molecule has 0 aliphatic heterocycles. The van der Waals surface area contributed by atoms with Crippen LogP contribution in [0.1, 0.15) is 0 Å². The Morgan fingerprint density at radius 2 is 1.46 bits per heavy atom. The Morgan fingerprint density at radius 3 is 2.12 bits per heavy atom. The fraction of sp³-hybridized carbons (Fsp3) is 0.0588. The summed E-state index contributed by atoms with van der Waals surface area (Å²) >= 11 is 1.40. The summed E-state index contributed by atoms with van der Waals surface area (Å²) < 4.78 is 72.8. The fourth-order valence-electron chi connectivity index (χ4n) is 2.14. The maximum absolute atomic E-state index is 13.9. The minimum Gasteiger partial charge on any atom is -0.416 e. The lowest BCUT2D eigenvalue weighted by molar-refractivity contribution is 0.378. The molecule has 0 fully saturated rings. The van der Waals surface area contributed by atoms with Gasteiger partial charge in [0.2, 0.25) is 11.7 Å². The molecule has 0 saturated heterocycles. The monoisotopic (exact) mass is 384 g/mol. The average molecular weight is 384 g/mol. The third-order valence-electron chi connectivity index (χ3n) is 3.32. The van der Waals surface area contributed by atoms with Crippen LogP contribution in [0.5, 0.6) is 0 Å². The largest absolute Gasteiger partial charge is 0.416 e. The van der Waals surface area contributed by atoms with Gasteiger partial charge in [-0.3, -0.25) is 0 Å². The molecule has 134 valence electrons. The van der Waals surface area contributed by atoms with Crippen molar-refractivity contribution in [3.05, 3.63) is 66.0 Å². The molecular weight excluding hydrogens is 375 g/mol. The lowest BCUT2D eigenvalue weighted by atomic mass is 10.1. The molecule has 0 unspecified atom stereocenters. The minimum absolute atomic E-state index is 0.115. The number of nitrogens with zero attached hydrogens (tertiary/aromatic N) is 2. The molecule has 0 bridgehead atoms. The van der Waals surface area contributed by atoms with Crippen LogP contribution in [0.4, 0.5) is 22.0 Å². The summed E-state index contributed by atoms with van der Waals surface area (Å²) in [6.07, 6.45) is 1.68. The predicted octanol–water partition coefficient (Wildman–Crippen LogP) is 5.38. The van der Waals surface area contributed by atoms with Crippen LogP contribution in [0, 0.1) is 29.1 Å². The molecule has 0 atom stereocenters. The maximum Gasteiger partial charge on any atom is 0.254 e. The second kappa shape index (κ2) is 7.28. The van der Waals surface area contributed by atoms with Crippen LogP contribution in [0.2, 0.25) is 0 Å². The summed E-state index contributed by atoms with van der Waals surface area (Å²) in [5.74, 6) is -10.8. The van der Waals surface area contributed by atoms with E-state index in [9.17, 15) is 22.0 Å².